The molecule has 0 saturated carbocycles. The van der Waals surface area contributed by atoms with Gasteiger partial charge in [0.15, 0.2) is 0 Å². The molecular formula is C16H21FN4O2. The summed E-state index contributed by atoms with van der Waals surface area (Å²) in [7, 11) is 0. The van der Waals surface area contributed by atoms with Gasteiger partial charge in [-0.3, -0.25) is 0 Å². The van der Waals surface area contributed by atoms with Gasteiger partial charge in [-0.05, 0) is 24.3 Å². The second kappa shape index (κ2) is 7.43. The quantitative estimate of drug-likeness (QED) is 0.712. The molecule has 2 atom stereocenters. The van der Waals surface area contributed by atoms with Crippen LogP contribution in [0, 0.1) is 11.7 Å². The zero-order chi connectivity index (χ0) is 16.1. The zero-order valence-electron chi connectivity index (χ0n) is 12.8. The number of anilines is 1. The highest BCUT2D eigenvalue weighted by Crippen LogP contribution is 2.15. The Morgan fingerprint density at radius 2 is 2.22 bits per heavy atom. The van der Waals surface area contributed by atoms with E-state index in [1.807, 2.05) is 10.7 Å². The summed E-state index contributed by atoms with van der Waals surface area (Å²) >= 11 is 0. The van der Waals surface area contributed by atoms with Crippen LogP contribution in [0.4, 0.5) is 10.2 Å². The van der Waals surface area contributed by atoms with Crippen LogP contribution in [0.1, 0.15) is 0 Å². The Morgan fingerprint density at radius 3 is 3.04 bits per heavy atom. The maximum Gasteiger partial charge on any atom is 0.124 e. The van der Waals surface area contributed by atoms with Gasteiger partial charge in [0.1, 0.15) is 30.1 Å². The van der Waals surface area contributed by atoms with Crippen molar-refractivity contribution in [2.75, 3.05) is 31.6 Å². The summed E-state index contributed by atoms with van der Waals surface area (Å²) in [4.78, 5) is 0. The van der Waals surface area contributed by atoms with Gasteiger partial charge in [0, 0.05) is 38.2 Å². The van der Waals surface area contributed by atoms with Crippen molar-refractivity contribution < 1.29 is 14.2 Å². The number of nitrogens with one attached hydrogen (secondary N) is 2. The molecule has 1 aliphatic rings. The van der Waals surface area contributed by atoms with Crippen molar-refractivity contribution in [1.29, 1.82) is 0 Å². The van der Waals surface area contributed by atoms with E-state index in [0.29, 0.717) is 18.2 Å². The van der Waals surface area contributed by atoms with Crippen molar-refractivity contribution in [3.8, 4) is 5.75 Å². The van der Waals surface area contributed by atoms with E-state index in [-0.39, 0.29) is 12.4 Å². The van der Waals surface area contributed by atoms with Crippen molar-refractivity contribution >= 4 is 5.82 Å². The topological polar surface area (TPSA) is 71.3 Å². The molecule has 0 amide bonds. The number of nitrogens with zero attached hydrogens (tertiary/aromatic N) is 2. The van der Waals surface area contributed by atoms with Crippen LogP contribution in [-0.2, 0) is 6.54 Å². The normalized spacial score (nSPS) is 18.1. The van der Waals surface area contributed by atoms with E-state index in [2.05, 4.69) is 15.7 Å². The number of rotatable bonds is 7. The molecule has 1 aromatic carbocycles. The summed E-state index contributed by atoms with van der Waals surface area (Å²) < 4.78 is 20.1. The fraction of sp³-hybridized carbons (Fsp3) is 0.438. The molecule has 3 N–H and O–H groups in total. The SMILES string of the molecule is OC(CNCC1CNc2ccnn2C1)COc1ccc(F)cc1. The number of benzene rings is 1. The highest BCUT2D eigenvalue weighted by atomic mass is 19.1. The third kappa shape index (κ3) is 4.43. The molecule has 2 heterocycles. The van der Waals surface area contributed by atoms with Gasteiger partial charge in [0.2, 0.25) is 0 Å². The van der Waals surface area contributed by atoms with E-state index in [9.17, 15) is 9.50 Å². The van der Waals surface area contributed by atoms with Gasteiger partial charge in [-0.2, -0.15) is 5.10 Å². The van der Waals surface area contributed by atoms with Crippen molar-refractivity contribution in [2.24, 2.45) is 5.92 Å². The summed E-state index contributed by atoms with van der Waals surface area (Å²) in [5, 5.41) is 20.8. The van der Waals surface area contributed by atoms with E-state index in [0.717, 1.165) is 25.5 Å². The number of ether oxygens (including phenoxy) is 1. The monoisotopic (exact) mass is 320 g/mol. The van der Waals surface area contributed by atoms with Gasteiger partial charge in [-0.1, -0.05) is 0 Å². The second-order valence-electron chi connectivity index (χ2n) is 5.72. The highest BCUT2D eigenvalue weighted by Gasteiger charge is 2.18. The van der Waals surface area contributed by atoms with Crippen molar-refractivity contribution in [3.63, 3.8) is 0 Å². The fourth-order valence-electron chi connectivity index (χ4n) is 2.56. The predicted octanol–water partition coefficient (Wildman–Crippen LogP) is 1.09. The third-order valence-corrected chi connectivity index (χ3v) is 3.79. The number of aromatic nitrogens is 2. The molecule has 1 aliphatic heterocycles. The minimum atomic E-state index is -0.614. The molecule has 7 heteroatoms. The van der Waals surface area contributed by atoms with E-state index in [4.69, 9.17) is 4.74 Å². The van der Waals surface area contributed by atoms with Crippen LogP contribution in [0.15, 0.2) is 36.5 Å². The van der Waals surface area contributed by atoms with E-state index in [1.54, 1.807) is 18.3 Å². The average Bonchev–Trinajstić information content (AvgIpc) is 3.02. The van der Waals surface area contributed by atoms with Gasteiger partial charge in [0.05, 0.1) is 6.20 Å². The molecule has 0 fully saturated rings. The lowest BCUT2D eigenvalue weighted by Gasteiger charge is -2.25. The summed E-state index contributed by atoms with van der Waals surface area (Å²) in [6, 6.07) is 7.72. The zero-order valence-corrected chi connectivity index (χ0v) is 12.8. The molecule has 0 aliphatic carbocycles. The van der Waals surface area contributed by atoms with Crippen LogP contribution in [-0.4, -0.2) is 47.2 Å². The molecule has 0 radical (unpaired) electrons. The first-order chi connectivity index (χ1) is 11.2. The average molecular weight is 320 g/mol. The Morgan fingerprint density at radius 1 is 1.39 bits per heavy atom. The van der Waals surface area contributed by atoms with Crippen LogP contribution >= 0.6 is 0 Å². The van der Waals surface area contributed by atoms with Gasteiger partial charge in [-0.25, -0.2) is 9.07 Å². The molecule has 0 spiro atoms. The molecule has 0 bridgehead atoms. The summed E-state index contributed by atoms with van der Waals surface area (Å²) in [6.45, 7) is 3.17. The summed E-state index contributed by atoms with van der Waals surface area (Å²) in [5.74, 6) is 1.72. The molecule has 1 aromatic heterocycles. The van der Waals surface area contributed by atoms with Crippen LogP contribution in [0.5, 0.6) is 5.75 Å². The molecule has 2 aromatic rings. The molecular weight excluding hydrogens is 299 g/mol. The number of aliphatic hydroxyl groups is 1. The minimum Gasteiger partial charge on any atom is -0.491 e. The standard InChI is InChI=1S/C16H21FN4O2/c17-13-1-3-15(4-2-13)23-11-14(22)9-18-7-12-8-19-16-5-6-20-21(16)10-12/h1-6,12,14,18-19,22H,7-11H2. The van der Waals surface area contributed by atoms with Gasteiger partial charge in [-0.15, -0.1) is 0 Å². The lowest BCUT2D eigenvalue weighted by Crippen LogP contribution is -2.39. The molecule has 0 saturated heterocycles. The molecule has 3 rings (SSSR count). The molecule has 23 heavy (non-hydrogen) atoms. The number of halogens is 1. The lowest BCUT2D eigenvalue weighted by molar-refractivity contribution is 0.105. The fourth-order valence-corrected chi connectivity index (χ4v) is 2.56. The van der Waals surface area contributed by atoms with E-state index < -0.39 is 6.10 Å². The van der Waals surface area contributed by atoms with Crippen LogP contribution in [0.3, 0.4) is 0 Å². The van der Waals surface area contributed by atoms with Crippen molar-refractivity contribution in [3.05, 3.63) is 42.3 Å². The lowest BCUT2D eigenvalue weighted by atomic mass is 10.1. The summed E-state index contributed by atoms with van der Waals surface area (Å²) in [6.07, 6.45) is 1.17. The third-order valence-electron chi connectivity index (χ3n) is 3.79. The van der Waals surface area contributed by atoms with Crippen LogP contribution in [0.2, 0.25) is 0 Å². The Labute approximate surface area is 134 Å². The Hall–Kier alpha value is -2.12. The number of fused-ring (bicyclic) bond motifs is 1. The Bertz CT molecular complexity index is 617. The maximum absolute atomic E-state index is 12.8. The largest absolute Gasteiger partial charge is 0.491 e. The molecule has 124 valence electrons. The van der Waals surface area contributed by atoms with E-state index in [1.165, 1.54) is 12.1 Å². The second-order valence-corrected chi connectivity index (χ2v) is 5.72. The van der Waals surface area contributed by atoms with Crippen LogP contribution in [0.25, 0.3) is 0 Å². The first-order valence-electron chi connectivity index (χ1n) is 7.73. The number of hydrogen-bond acceptors (Lipinski definition) is 5. The first kappa shape index (κ1) is 15.8. The van der Waals surface area contributed by atoms with Crippen molar-refractivity contribution in [2.45, 2.75) is 12.6 Å². The van der Waals surface area contributed by atoms with Gasteiger partial charge in [0.25, 0.3) is 0 Å². The Kier molecular flexibility index (Phi) is 5.09. The predicted molar refractivity (Wildman–Crippen MR) is 85.0 cm³/mol. The maximum atomic E-state index is 12.8. The number of hydrogen-bond donors (Lipinski definition) is 3. The first-order valence-corrected chi connectivity index (χ1v) is 7.73. The summed E-state index contributed by atoms with van der Waals surface area (Å²) in [5.41, 5.74) is 0. The highest BCUT2D eigenvalue weighted by molar-refractivity contribution is 5.35. The molecule has 6 nitrogen and oxygen atoms in total. The van der Waals surface area contributed by atoms with E-state index >= 15 is 0 Å². The molecule has 2 unspecified atom stereocenters. The minimum absolute atomic E-state index is 0.171. The van der Waals surface area contributed by atoms with Crippen molar-refractivity contribution in [1.82, 2.24) is 15.1 Å². The smallest absolute Gasteiger partial charge is 0.124 e. The van der Waals surface area contributed by atoms with Gasteiger partial charge < -0.3 is 20.5 Å². The Balaban J connectivity index is 1.33. The number of aliphatic hydroxyl groups excluding tert-OH is 1. The van der Waals surface area contributed by atoms with Gasteiger partial charge >= 0.3 is 0 Å². The van der Waals surface area contributed by atoms with Crippen LogP contribution < -0.4 is 15.4 Å².